The Hall–Kier alpha value is 2.06. The fourth-order valence-corrected chi connectivity index (χ4v) is 0. The van der Waals surface area contributed by atoms with Gasteiger partial charge in [0.2, 0.25) is 0 Å². The van der Waals surface area contributed by atoms with Crippen LogP contribution in [0.2, 0.25) is 0 Å². The van der Waals surface area contributed by atoms with Crippen molar-refractivity contribution in [3.8, 4) is 0 Å². The molecule has 0 aliphatic rings. The molecule has 0 N–H and O–H groups in total. The standard InChI is InChI=1S/Re.4S/q;4*-2. The molecule has 0 aromatic rings. The summed E-state index contributed by atoms with van der Waals surface area (Å²) >= 11 is 0. The normalized spacial score (nSPS) is 0. The van der Waals surface area contributed by atoms with E-state index >= 15 is 0 Å². The van der Waals surface area contributed by atoms with Gasteiger partial charge in [0, 0.05) is 20.4 Å². The van der Waals surface area contributed by atoms with Crippen molar-refractivity contribution in [1.29, 1.82) is 0 Å². The fourth-order valence-electron chi connectivity index (χ4n) is 0. The zero-order chi connectivity index (χ0) is 0. The van der Waals surface area contributed by atoms with Crippen molar-refractivity contribution in [3.63, 3.8) is 0 Å². The molecule has 0 unspecified atom stereocenters. The van der Waals surface area contributed by atoms with Crippen LogP contribution in [0.25, 0.3) is 0 Å². The summed E-state index contributed by atoms with van der Waals surface area (Å²) in [5, 5.41) is 0. The van der Waals surface area contributed by atoms with Gasteiger partial charge < -0.3 is 54.0 Å². The largest absolute Gasteiger partial charge is 2.00 e. The van der Waals surface area contributed by atoms with Crippen LogP contribution in [0.15, 0.2) is 0 Å². The van der Waals surface area contributed by atoms with Gasteiger partial charge in [-0.1, -0.05) is 0 Å². The molecule has 1 radical (unpaired) electrons. The second-order valence-electron chi connectivity index (χ2n) is 0. The van der Waals surface area contributed by atoms with E-state index in [2.05, 4.69) is 0 Å². The molecule has 0 saturated heterocycles. The molecular weight excluding hydrogens is 314 g/mol. The van der Waals surface area contributed by atoms with Crippen LogP contribution in [-0.2, 0) is 74.4 Å². The number of rotatable bonds is 0. The van der Waals surface area contributed by atoms with Crippen LogP contribution in [0.3, 0.4) is 0 Å². The minimum absolute atomic E-state index is 0. The summed E-state index contributed by atoms with van der Waals surface area (Å²) in [6, 6.07) is 0. The molecule has 5 heteroatoms. The Morgan fingerprint density at radius 1 is 0.400 bits per heavy atom. The van der Waals surface area contributed by atoms with Gasteiger partial charge in [-0.3, -0.25) is 0 Å². The molecule has 0 bridgehead atoms. The first-order chi connectivity index (χ1) is 0. The Labute approximate surface area is 73.9 Å². The van der Waals surface area contributed by atoms with Gasteiger partial charge in [0.1, 0.15) is 0 Å². The van der Waals surface area contributed by atoms with Crippen LogP contribution >= 0.6 is 0 Å². The van der Waals surface area contributed by atoms with Crippen molar-refractivity contribution in [3.05, 3.63) is 0 Å². The molecule has 0 aromatic carbocycles. The molecule has 0 atom stereocenters. The summed E-state index contributed by atoms with van der Waals surface area (Å²) in [6.45, 7) is 0. The molecule has 0 aliphatic heterocycles. The summed E-state index contributed by atoms with van der Waals surface area (Å²) in [7, 11) is 0. The molecular formula is ReS4-8. The van der Waals surface area contributed by atoms with Crippen molar-refractivity contribution < 1.29 is 20.4 Å². The third-order valence-electron chi connectivity index (χ3n) is 0. The average Bonchev–Trinajstić information content (AvgIpc) is 0. The minimum Gasteiger partial charge on any atom is -2.00 e. The van der Waals surface area contributed by atoms with Crippen LogP contribution in [0.4, 0.5) is 0 Å². The Morgan fingerprint density at radius 3 is 0.400 bits per heavy atom. The van der Waals surface area contributed by atoms with Gasteiger partial charge >= 0.3 is 0 Å². The first-order valence-electron chi connectivity index (χ1n) is 0. The predicted molar refractivity (Wildman–Crippen MR) is 29.5 cm³/mol. The maximum atomic E-state index is 0. The summed E-state index contributed by atoms with van der Waals surface area (Å²) in [5.41, 5.74) is 0. The van der Waals surface area contributed by atoms with Crippen LogP contribution in [0, 0.1) is 0 Å². The maximum Gasteiger partial charge on any atom is 0 e. The first kappa shape index (κ1) is 61.0. The van der Waals surface area contributed by atoms with Gasteiger partial charge in [-0.15, -0.1) is 0 Å². The van der Waals surface area contributed by atoms with Crippen molar-refractivity contribution >= 4 is 54.0 Å². The van der Waals surface area contributed by atoms with Crippen molar-refractivity contribution in [2.75, 3.05) is 0 Å². The van der Waals surface area contributed by atoms with E-state index in [1.807, 2.05) is 0 Å². The molecule has 0 saturated carbocycles. The molecule has 0 amide bonds. The fraction of sp³-hybridized carbons (Fsp3) is 0. The SMILES string of the molecule is [Re].[S-2].[S-2].[S-2].[S-2]. The van der Waals surface area contributed by atoms with Crippen LogP contribution in [0.1, 0.15) is 0 Å². The van der Waals surface area contributed by atoms with Gasteiger partial charge in [-0.25, -0.2) is 0 Å². The Morgan fingerprint density at radius 2 is 0.400 bits per heavy atom. The van der Waals surface area contributed by atoms with Crippen molar-refractivity contribution in [2.24, 2.45) is 0 Å². The molecule has 0 fully saturated rings. The summed E-state index contributed by atoms with van der Waals surface area (Å²) < 4.78 is 0. The van der Waals surface area contributed by atoms with E-state index in [1.165, 1.54) is 0 Å². The van der Waals surface area contributed by atoms with Gasteiger partial charge in [-0.2, -0.15) is 0 Å². The van der Waals surface area contributed by atoms with Gasteiger partial charge in [-0.05, 0) is 0 Å². The number of hydrogen-bond donors (Lipinski definition) is 0. The topological polar surface area (TPSA) is 0 Å². The molecule has 5 heavy (non-hydrogen) atoms. The van der Waals surface area contributed by atoms with Gasteiger partial charge in [0.05, 0.1) is 0 Å². The zero-order valence-electron chi connectivity index (χ0n) is 2.01. The third-order valence-corrected chi connectivity index (χ3v) is 0. The zero-order valence-corrected chi connectivity index (χ0v) is 7.99. The first-order valence-corrected chi connectivity index (χ1v) is 0. The monoisotopic (exact) mass is 315 g/mol. The van der Waals surface area contributed by atoms with Crippen molar-refractivity contribution in [2.45, 2.75) is 0 Å². The second kappa shape index (κ2) is 36.5. The second-order valence-corrected chi connectivity index (χ2v) is 0. The maximum absolute atomic E-state index is 0. The van der Waals surface area contributed by atoms with Crippen LogP contribution in [0.5, 0.6) is 0 Å². The molecule has 39 valence electrons. The molecule has 0 nitrogen and oxygen atoms in total. The van der Waals surface area contributed by atoms with Crippen LogP contribution < -0.4 is 0 Å². The molecule has 0 aromatic heterocycles. The van der Waals surface area contributed by atoms with E-state index in [0.29, 0.717) is 0 Å². The molecule has 0 heterocycles. The van der Waals surface area contributed by atoms with E-state index in [0.717, 1.165) is 0 Å². The van der Waals surface area contributed by atoms with Crippen molar-refractivity contribution in [1.82, 2.24) is 0 Å². The van der Waals surface area contributed by atoms with E-state index in [-0.39, 0.29) is 74.4 Å². The van der Waals surface area contributed by atoms with Gasteiger partial charge in [0.15, 0.2) is 0 Å². The van der Waals surface area contributed by atoms with E-state index in [1.54, 1.807) is 0 Å². The van der Waals surface area contributed by atoms with Gasteiger partial charge in [0.25, 0.3) is 0 Å². The number of hydrogen-bond acceptors (Lipinski definition) is 0. The summed E-state index contributed by atoms with van der Waals surface area (Å²) in [6.07, 6.45) is 0. The molecule has 0 aliphatic carbocycles. The quantitative estimate of drug-likeness (QED) is 0.590. The average molecular weight is 314 g/mol. The Bertz CT molecular complexity index is 3.61. The van der Waals surface area contributed by atoms with E-state index in [9.17, 15) is 0 Å². The van der Waals surface area contributed by atoms with E-state index < -0.39 is 0 Å². The molecule has 0 spiro atoms. The van der Waals surface area contributed by atoms with E-state index in [4.69, 9.17) is 0 Å². The Balaban J connectivity index is 0. The molecule has 0 rings (SSSR count). The smallest absolute Gasteiger partial charge is 0 e. The van der Waals surface area contributed by atoms with Crippen LogP contribution in [-0.4, -0.2) is 0 Å². The summed E-state index contributed by atoms with van der Waals surface area (Å²) in [5.74, 6) is 0. The summed E-state index contributed by atoms with van der Waals surface area (Å²) in [4.78, 5) is 0. The minimum atomic E-state index is 0. The Kier molecular flexibility index (Phi) is 446. The predicted octanol–water partition coefficient (Wildman–Crippen LogP) is -0.0121. The third kappa shape index (κ3) is 23.5.